The number of rotatable bonds is 7. The minimum absolute atomic E-state index is 0.00915. The fourth-order valence-corrected chi connectivity index (χ4v) is 3.02. The summed E-state index contributed by atoms with van der Waals surface area (Å²) < 4.78 is 37.1. The summed E-state index contributed by atoms with van der Waals surface area (Å²) in [7, 11) is -4.58. The summed E-state index contributed by atoms with van der Waals surface area (Å²) in [6.07, 6.45) is 3.52. The quantitative estimate of drug-likeness (QED) is 0.352. The first kappa shape index (κ1) is 15.0. The molecule has 0 fully saturated rings. The molecular formula is C9H16N4O3S2. The third-order valence-corrected chi connectivity index (χ3v) is 4.45. The second kappa shape index (κ2) is 6.78. The van der Waals surface area contributed by atoms with E-state index in [0.717, 1.165) is 0 Å². The van der Waals surface area contributed by atoms with Crippen LogP contribution in [0.25, 0.3) is 0 Å². The maximum atomic E-state index is 11.9. The van der Waals surface area contributed by atoms with E-state index in [0.29, 0.717) is 12.2 Å². The predicted octanol–water partition coefficient (Wildman–Crippen LogP) is -0.586. The van der Waals surface area contributed by atoms with Gasteiger partial charge in [-0.25, -0.2) is 24.0 Å². The Morgan fingerprint density at radius 3 is 2.83 bits per heavy atom. The first-order chi connectivity index (χ1) is 8.47. The van der Waals surface area contributed by atoms with Crippen molar-refractivity contribution < 1.29 is 12.6 Å². The van der Waals surface area contributed by atoms with Crippen LogP contribution < -0.4 is 16.0 Å². The number of pyridine rings is 1. The van der Waals surface area contributed by atoms with Crippen LogP contribution in [0, 0.1) is 0 Å². The molecule has 0 bridgehead atoms. The number of nitrogen functional groups attached to an aromatic ring is 1. The van der Waals surface area contributed by atoms with Crippen molar-refractivity contribution in [3.8, 4) is 0 Å². The summed E-state index contributed by atoms with van der Waals surface area (Å²) in [4.78, 5) is 3.81. The van der Waals surface area contributed by atoms with Gasteiger partial charge in [0.05, 0.1) is 0 Å². The Bertz CT molecular complexity index is 518. The molecule has 1 aromatic rings. The largest absolute Gasteiger partial charge is 0.307 e. The number of nitrogens with zero attached hydrogens (tertiary/aromatic N) is 1. The van der Waals surface area contributed by atoms with Crippen LogP contribution in [-0.2, 0) is 20.8 Å². The van der Waals surface area contributed by atoms with Crippen molar-refractivity contribution in [1.82, 2.24) is 9.71 Å². The van der Waals surface area contributed by atoms with Gasteiger partial charge >= 0.3 is 0 Å². The molecule has 4 N–H and O–H groups in total. The van der Waals surface area contributed by atoms with Gasteiger partial charge in [-0.1, -0.05) is 0 Å². The SMILES string of the molecule is CS(=O)CCCNS(=O)(=O)c1cccnc1NN. The molecule has 0 aliphatic carbocycles. The van der Waals surface area contributed by atoms with Crippen LogP contribution in [0.2, 0.25) is 0 Å². The highest BCUT2D eigenvalue weighted by atomic mass is 32.2. The van der Waals surface area contributed by atoms with Crippen LogP contribution in [-0.4, -0.2) is 36.2 Å². The zero-order valence-corrected chi connectivity index (χ0v) is 11.6. The molecule has 1 unspecified atom stereocenters. The van der Waals surface area contributed by atoms with E-state index < -0.39 is 20.8 Å². The summed E-state index contributed by atoms with van der Waals surface area (Å²) >= 11 is 0. The lowest BCUT2D eigenvalue weighted by molar-refractivity contribution is 0.580. The van der Waals surface area contributed by atoms with Gasteiger partial charge in [0.1, 0.15) is 4.90 Å². The number of hydrogen-bond donors (Lipinski definition) is 3. The Morgan fingerprint density at radius 1 is 1.50 bits per heavy atom. The molecule has 1 atom stereocenters. The molecule has 1 rings (SSSR count). The fourth-order valence-electron chi connectivity index (χ4n) is 1.28. The van der Waals surface area contributed by atoms with Gasteiger partial charge in [-0.15, -0.1) is 0 Å². The molecule has 102 valence electrons. The Balaban J connectivity index is 2.71. The van der Waals surface area contributed by atoms with Gasteiger partial charge in [0.15, 0.2) is 5.82 Å². The molecule has 18 heavy (non-hydrogen) atoms. The van der Waals surface area contributed by atoms with Crippen LogP contribution in [0.1, 0.15) is 6.42 Å². The predicted molar refractivity (Wildman–Crippen MR) is 70.8 cm³/mol. The van der Waals surface area contributed by atoms with E-state index in [-0.39, 0.29) is 17.3 Å². The van der Waals surface area contributed by atoms with Crippen molar-refractivity contribution in [2.75, 3.05) is 24.0 Å². The lowest BCUT2D eigenvalue weighted by atomic mass is 10.5. The molecule has 1 heterocycles. The van der Waals surface area contributed by atoms with Crippen molar-refractivity contribution in [3.05, 3.63) is 18.3 Å². The third-order valence-electron chi connectivity index (χ3n) is 2.10. The fraction of sp³-hybridized carbons (Fsp3) is 0.444. The average Bonchev–Trinajstić information content (AvgIpc) is 2.34. The molecule has 0 aliphatic rings. The molecule has 1 aromatic heterocycles. The lowest BCUT2D eigenvalue weighted by Gasteiger charge is -2.09. The minimum Gasteiger partial charge on any atom is -0.307 e. The molecular weight excluding hydrogens is 276 g/mol. The number of aromatic nitrogens is 1. The standard InChI is InChI=1S/C9H16N4O3S2/c1-17(14)7-3-6-12-18(15,16)8-4-2-5-11-9(8)13-10/h2,4-5,12H,3,6-7,10H2,1H3,(H,11,13). The smallest absolute Gasteiger partial charge is 0.244 e. The zero-order chi connectivity index (χ0) is 13.6. The first-order valence-electron chi connectivity index (χ1n) is 5.18. The third kappa shape index (κ3) is 4.33. The molecule has 0 aliphatic heterocycles. The van der Waals surface area contributed by atoms with Gasteiger partial charge in [-0.3, -0.25) is 4.21 Å². The first-order valence-corrected chi connectivity index (χ1v) is 8.39. The molecule has 0 saturated carbocycles. The summed E-state index contributed by atoms with van der Waals surface area (Å²) in [5.74, 6) is 5.74. The van der Waals surface area contributed by atoms with Crippen molar-refractivity contribution in [2.45, 2.75) is 11.3 Å². The van der Waals surface area contributed by atoms with Crippen molar-refractivity contribution in [2.24, 2.45) is 5.84 Å². The number of hydrogen-bond acceptors (Lipinski definition) is 6. The van der Waals surface area contributed by atoms with Crippen LogP contribution in [0.3, 0.4) is 0 Å². The Labute approximate surface area is 109 Å². The number of hydrazine groups is 1. The van der Waals surface area contributed by atoms with Gasteiger partial charge < -0.3 is 5.43 Å². The van der Waals surface area contributed by atoms with Gasteiger partial charge in [0, 0.05) is 35.5 Å². The molecule has 0 spiro atoms. The molecule has 0 radical (unpaired) electrons. The number of sulfonamides is 1. The van der Waals surface area contributed by atoms with Crippen molar-refractivity contribution in [1.29, 1.82) is 0 Å². The van der Waals surface area contributed by atoms with E-state index in [1.807, 2.05) is 0 Å². The molecule has 0 amide bonds. The number of anilines is 1. The highest BCUT2D eigenvalue weighted by molar-refractivity contribution is 7.89. The van der Waals surface area contributed by atoms with Gasteiger partial charge in [0.2, 0.25) is 10.0 Å². The summed E-state index contributed by atoms with van der Waals surface area (Å²) in [5.41, 5.74) is 2.23. The average molecular weight is 292 g/mol. The highest BCUT2D eigenvalue weighted by Crippen LogP contribution is 2.16. The molecule has 0 aromatic carbocycles. The van der Waals surface area contributed by atoms with E-state index in [4.69, 9.17) is 5.84 Å². The van der Waals surface area contributed by atoms with E-state index >= 15 is 0 Å². The molecule has 7 nitrogen and oxygen atoms in total. The maximum Gasteiger partial charge on any atom is 0.244 e. The van der Waals surface area contributed by atoms with Crippen LogP contribution in [0.4, 0.5) is 5.82 Å². The normalized spacial score (nSPS) is 13.2. The highest BCUT2D eigenvalue weighted by Gasteiger charge is 2.18. The van der Waals surface area contributed by atoms with E-state index in [9.17, 15) is 12.6 Å². The topological polar surface area (TPSA) is 114 Å². The van der Waals surface area contributed by atoms with Crippen molar-refractivity contribution in [3.63, 3.8) is 0 Å². The number of nitrogens with two attached hydrogens (primary N) is 1. The van der Waals surface area contributed by atoms with Crippen LogP contribution >= 0.6 is 0 Å². The van der Waals surface area contributed by atoms with Crippen molar-refractivity contribution >= 4 is 26.6 Å². The summed E-state index contributed by atoms with van der Waals surface area (Å²) in [6, 6.07) is 2.92. The van der Waals surface area contributed by atoms with E-state index in [1.54, 1.807) is 6.26 Å². The summed E-state index contributed by atoms with van der Waals surface area (Å²) in [5, 5.41) is 0. The van der Waals surface area contributed by atoms with Gasteiger partial charge in [-0.05, 0) is 18.6 Å². The Morgan fingerprint density at radius 2 is 2.22 bits per heavy atom. The zero-order valence-electron chi connectivity index (χ0n) is 9.92. The second-order valence-electron chi connectivity index (χ2n) is 3.52. The Kier molecular flexibility index (Phi) is 5.66. The monoisotopic (exact) mass is 292 g/mol. The lowest BCUT2D eigenvalue weighted by Crippen LogP contribution is -2.27. The Hall–Kier alpha value is -1.03. The maximum absolute atomic E-state index is 11.9. The van der Waals surface area contributed by atoms with E-state index in [2.05, 4.69) is 15.1 Å². The summed E-state index contributed by atoms with van der Waals surface area (Å²) in [6.45, 7) is 0.223. The molecule has 0 saturated heterocycles. The molecule has 9 heteroatoms. The minimum atomic E-state index is -3.65. The van der Waals surface area contributed by atoms with Crippen LogP contribution in [0.5, 0.6) is 0 Å². The van der Waals surface area contributed by atoms with Crippen LogP contribution in [0.15, 0.2) is 23.2 Å². The number of nitrogens with one attached hydrogen (secondary N) is 2. The van der Waals surface area contributed by atoms with Gasteiger partial charge in [-0.2, -0.15) is 0 Å². The van der Waals surface area contributed by atoms with E-state index in [1.165, 1.54) is 18.3 Å². The van der Waals surface area contributed by atoms with Gasteiger partial charge in [0.25, 0.3) is 0 Å². The second-order valence-corrected chi connectivity index (χ2v) is 6.81.